The van der Waals surface area contributed by atoms with Crippen molar-refractivity contribution in [2.24, 2.45) is 0 Å². The van der Waals surface area contributed by atoms with E-state index < -0.39 is 17.8 Å². The second-order valence-corrected chi connectivity index (χ2v) is 8.34. The first-order valence-electron chi connectivity index (χ1n) is 9.46. The number of thioether (sulfide) groups is 1. The molecule has 0 bridgehead atoms. The summed E-state index contributed by atoms with van der Waals surface area (Å²) in [5, 5.41) is 11.7. The van der Waals surface area contributed by atoms with Crippen LogP contribution in [-0.4, -0.2) is 60.0 Å². The number of carbonyl (C=O) groups excluding carboxylic acids is 2. The monoisotopic (exact) mass is 488 g/mol. The van der Waals surface area contributed by atoms with Gasteiger partial charge in [-0.3, -0.25) is 14.5 Å². The Balaban J connectivity index is 1.77. The average molecular weight is 489 g/mol. The van der Waals surface area contributed by atoms with Crippen molar-refractivity contribution in [1.29, 1.82) is 0 Å². The molecule has 33 heavy (non-hydrogen) atoms. The van der Waals surface area contributed by atoms with Crippen molar-refractivity contribution in [1.82, 2.24) is 4.90 Å². The Morgan fingerprint density at radius 2 is 1.79 bits per heavy atom. The number of methoxy groups -OCH3 is 3. The summed E-state index contributed by atoms with van der Waals surface area (Å²) in [4.78, 5) is 37.9. The second-order valence-electron chi connectivity index (χ2n) is 6.66. The van der Waals surface area contributed by atoms with E-state index in [0.717, 1.165) is 11.8 Å². The molecule has 0 unspecified atom stereocenters. The van der Waals surface area contributed by atoms with Gasteiger partial charge in [0.05, 0.1) is 31.8 Å². The zero-order valence-electron chi connectivity index (χ0n) is 17.9. The summed E-state index contributed by atoms with van der Waals surface area (Å²) in [6.45, 7) is -0.311. The summed E-state index contributed by atoms with van der Waals surface area (Å²) in [5.74, 6) is -0.757. The molecule has 0 aliphatic carbocycles. The number of carbonyl (C=O) groups is 3. The van der Waals surface area contributed by atoms with E-state index in [1.54, 1.807) is 24.3 Å². The molecule has 1 heterocycles. The van der Waals surface area contributed by atoms with Crippen molar-refractivity contribution in [3.63, 3.8) is 0 Å². The van der Waals surface area contributed by atoms with Gasteiger partial charge < -0.3 is 24.6 Å². The third-order valence-electron chi connectivity index (χ3n) is 4.55. The predicted octanol–water partition coefficient (Wildman–Crippen LogP) is 3.25. The first-order valence-corrected chi connectivity index (χ1v) is 10.7. The summed E-state index contributed by atoms with van der Waals surface area (Å²) in [6, 6.07) is 9.19. The smallest absolute Gasteiger partial charge is 0.335 e. The number of benzene rings is 2. The molecule has 0 radical (unpaired) electrons. The fraction of sp³-hybridized carbons (Fsp3) is 0.182. The highest BCUT2D eigenvalue weighted by atomic mass is 32.2. The molecule has 11 heteroatoms. The van der Waals surface area contributed by atoms with E-state index in [1.165, 1.54) is 44.4 Å². The molecule has 2 N–H and O–H groups in total. The van der Waals surface area contributed by atoms with Crippen molar-refractivity contribution in [3.05, 3.63) is 52.4 Å². The maximum absolute atomic E-state index is 12.9. The summed E-state index contributed by atoms with van der Waals surface area (Å²) in [5.41, 5.74) is 0.963. The number of rotatable bonds is 8. The normalized spacial score (nSPS) is 14.4. The Morgan fingerprint density at radius 1 is 1.12 bits per heavy atom. The highest BCUT2D eigenvalue weighted by Crippen LogP contribution is 2.40. The van der Waals surface area contributed by atoms with E-state index in [0.29, 0.717) is 33.4 Å². The van der Waals surface area contributed by atoms with Gasteiger partial charge in [-0.25, -0.2) is 4.79 Å². The van der Waals surface area contributed by atoms with Gasteiger partial charge in [-0.2, -0.15) is 0 Å². The quantitative estimate of drug-likeness (QED) is 0.427. The minimum atomic E-state index is -1.11. The Morgan fingerprint density at radius 3 is 2.36 bits per heavy atom. The maximum atomic E-state index is 12.9. The molecule has 0 saturated carbocycles. The van der Waals surface area contributed by atoms with E-state index in [2.05, 4.69) is 5.32 Å². The second kappa shape index (κ2) is 10.4. The number of hydrogen-bond donors (Lipinski definition) is 2. The highest BCUT2D eigenvalue weighted by molar-refractivity contribution is 8.26. The van der Waals surface area contributed by atoms with Crippen molar-refractivity contribution in [2.75, 3.05) is 33.2 Å². The van der Waals surface area contributed by atoms with Gasteiger partial charge in [0.1, 0.15) is 10.9 Å². The van der Waals surface area contributed by atoms with E-state index in [9.17, 15) is 14.4 Å². The molecule has 0 aromatic heterocycles. The SMILES string of the molecule is COc1cc(/C=C2/SC(=S)N(CC(=O)Nc3cccc(C(=O)O)c3)C2=O)cc(OC)c1OC. The fourth-order valence-electron chi connectivity index (χ4n) is 3.05. The lowest BCUT2D eigenvalue weighted by atomic mass is 10.1. The van der Waals surface area contributed by atoms with Gasteiger partial charge >= 0.3 is 5.97 Å². The standard InChI is InChI=1S/C22H20N2O7S2/c1-29-15-7-12(8-16(30-2)19(15)31-3)9-17-20(26)24(22(32)33-17)11-18(25)23-14-6-4-5-13(10-14)21(27)28/h4-10H,11H2,1-3H3,(H,23,25)(H,27,28)/b17-9+. The van der Waals surface area contributed by atoms with Gasteiger partial charge in [-0.05, 0) is 42.0 Å². The Bertz CT molecular complexity index is 1140. The molecule has 1 aliphatic rings. The van der Waals surface area contributed by atoms with E-state index >= 15 is 0 Å². The molecule has 2 aromatic carbocycles. The summed E-state index contributed by atoms with van der Waals surface area (Å²) >= 11 is 6.35. The molecule has 0 atom stereocenters. The lowest BCUT2D eigenvalue weighted by molar-refractivity contribution is -0.126. The van der Waals surface area contributed by atoms with Crippen molar-refractivity contribution in [2.45, 2.75) is 0 Å². The van der Waals surface area contributed by atoms with Gasteiger partial charge in [0.2, 0.25) is 11.7 Å². The van der Waals surface area contributed by atoms with Crippen LogP contribution in [0.2, 0.25) is 0 Å². The molecule has 3 rings (SSSR count). The molecule has 9 nitrogen and oxygen atoms in total. The average Bonchev–Trinajstić information content (AvgIpc) is 3.05. The lowest BCUT2D eigenvalue weighted by Gasteiger charge is -2.14. The first-order chi connectivity index (χ1) is 15.8. The number of carboxylic acid groups (broad SMARTS) is 1. The summed E-state index contributed by atoms with van der Waals surface area (Å²) in [7, 11) is 4.48. The highest BCUT2D eigenvalue weighted by Gasteiger charge is 2.33. The van der Waals surface area contributed by atoms with Crippen LogP contribution < -0.4 is 19.5 Å². The van der Waals surface area contributed by atoms with Gasteiger partial charge in [0.25, 0.3) is 5.91 Å². The largest absolute Gasteiger partial charge is 0.493 e. The van der Waals surface area contributed by atoms with E-state index in [-0.39, 0.29) is 16.4 Å². The third kappa shape index (κ3) is 5.44. The van der Waals surface area contributed by atoms with Crippen molar-refractivity contribution < 1.29 is 33.7 Å². The molecule has 2 aromatic rings. The number of anilines is 1. The summed E-state index contributed by atoms with van der Waals surface area (Å²) < 4.78 is 16.2. The van der Waals surface area contributed by atoms with E-state index in [4.69, 9.17) is 31.5 Å². The first kappa shape index (κ1) is 24.1. The van der Waals surface area contributed by atoms with Crippen LogP contribution in [0.1, 0.15) is 15.9 Å². The van der Waals surface area contributed by atoms with Crippen LogP contribution >= 0.6 is 24.0 Å². The van der Waals surface area contributed by atoms with Crippen LogP contribution in [0, 0.1) is 0 Å². The molecule has 1 fully saturated rings. The Hall–Kier alpha value is -3.57. The number of thiocarbonyl (C=S) groups is 1. The van der Waals surface area contributed by atoms with Crippen LogP contribution in [0.5, 0.6) is 17.2 Å². The third-order valence-corrected chi connectivity index (χ3v) is 5.93. The number of hydrogen-bond acceptors (Lipinski definition) is 8. The van der Waals surface area contributed by atoms with Gasteiger partial charge in [-0.1, -0.05) is 30.0 Å². The molecule has 1 saturated heterocycles. The zero-order chi connectivity index (χ0) is 24.1. The number of aromatic carboxylic acids is 1. The molecular formula is C22H20N2O7S2. The van der Waals surface area contributed by atoms with Crippen LogP contribution in [-0.2, 0) is 9.59 Å². The Kier molecular flexibility index (Phi) is 7.56. The number of amides is 2. The topological polar surface area (TPSA) is 114 Å². The minimum Gasteiger partial charge on any atom is -0.493 e. The van der Waals surface area contributed by atoms with Gasteiger partial charge in [0, 0.05) is 5.69 Å². The predicted molar refractivity (Wildman–Crippen MR) is 128 cm³/mol. The van der Waals surface area contributed by atoms with Crippen LogP contribution in [0.15, 0.2) is 41.3 Å². The number of nitrogens with zero attached hydrogens (tertiary/aromatic N) is 1. The minimum absolute atomic E-state index is 0.0340. The van der Waals surface area contributed by atoms with Crippen LogP contribution in [0.25, 0.3) is 6.08 Å². The lowest BCUT2D eigenvalue weighted by Crippen LogP contribution is -2.36. The molecule has 1 aliphatic heterocycles. The number of ether oxygens (including phenoxy) is 3. The molecular weight excluding hydrogens is 468 g/mol. The summed E-state index contributed by atoms with van der Waals surface area (Å²) in [6.07, 6.45) is 1.62. The van der Waals surface area contributed by atoms with Crippen LogP contribution in [0.3, 0.4) is 0 Å². The zero-order valence-corrected chi connectivity index (χ0v) is 19.5. The van der Waals surface area contributed by atoms with Gasteiger partial charge in [-0.15, -0.1) is 0 Å². The molecule has 2 amide bonds. The van der Waals surface area contributed by atoms with Crippen molar-refractivity contribution >= 4 is 57.8 Å². The molecule has 172 valence electrons. The molecule has 0 spiro atoms. The maximum Gasteiger partial charge on any atom is 0.335 e. The van der Waals surface area contributed by atoms with Crippen LogP contribution in [0.4, 0.5) is 5.69 Å². The van der Waals surface area contributed by atoms with Gasteiger partial charge in [0.15, 0.2) is 11.5 Å². The number of nitrogens with one attached hydrogen (secondary N) is 1. The number of carboxylic acids is 1. The fourth-order valence-corrected chi connectivity index (χ4v) is 4.30. The van der Waals surface area contributed by atoms with E-state index in [1.807, 2.05) is 0 Å². The Labute approximate surface area is 199 Å². The van der Waals surface area contributed by atoms with Crippen molar-refractivity contribution in [3.8, 4) is 17.2 Å².